The topological polar surface area (TPSA) is 97.8 Å². The van der Waals surface area contributed by atoms with Crippen molar-refractivity contribution in [3.63, 3.8) is 0 Å². The smallest absolute Gasteiger partial charge is 0.268 e. The van der Waals surface area contributed by atoms with Crippen LogP contribution in [0.3, 0.4) is 0 Å². The minimum Gasteiger partial charge on any atom is -0.756 e. The number of nitrogens with zero attached hydrogens (tertiary/aromatic N) is 1. The van der Waals surface area contributed by atoms with Crippen LogP contribution in [0.5, 0.6) is 5.75 Å². The lowest BCUT2D eigenvalue weighted by Crippen LogP contribution is -2.13. The van der Waals surface area contributed by atoms with E-state index >= 15 is 0 Å². The number of ether oxygens (including phenoxy) is 1. The third-order valence-corrected chi connectivity index (χ3v) is 6.72. The molecule has 0 saturated heterocycles. The number of Topliss-reactive ketones (excluding diaryl/α,β-unsaturated/α-hetero) is 1. The molecule has 1 heterocycles. The van der Waals surface area contributed by atoms with Crippen LogP contribution in [0, 0.1) is 0 Å². The Morgan fingerprint density at radius 3 is 2.51 bits per heavy atom. The van der Waals surface area contributed by atoms with Gasteiger partial charge in [0.2, 0.25) is 0 Å². The van der Waals surface area contributed by atoms with Gasteiger partial charge in [0.15, 0.2) is 0 Å². The summed E-state index contributed by atoms with van der Waals surface area (Å²) in [5.74, 6) is 0.893. The fraction of sp³-hybridized carbons (Fsp3) is 0.407. The van der Waals surface area contributed by atoms with Gasteiger partial charge in [-0.15, -0.1) is 0 Å². The van der Waals surface area contributed by atoms with Crippen molar-refractivity contribution < 1.29 is 28.0 Å². The van der Waals surface area contributed by atoms with E-state index in [9.17, 15) is 14.3 Å². The third-order valence-electron chi connectivity index (χ3n) is 5.54. The number of carbonyl (C=O) groups excluding carboxylic acids is 1. The molecule has 0 N–H and O–H groups in total. The number of pyridine rings is 1. The van der Waals surface area contributed by atoms with E-state index in [1.807, 2.05) is 48.5 Å². The second-order valence-corrected chi connectivity index (χ2v) is 10.1. The van der Waals surface area contributed by atoms with Gasteiger partial charge in [-0.3, -0.25) is 14.3 Å². The van der Waals surface area contributed by atoms with Crippen LogP contribution in [0.2, 0.25) is 0 Å². The van der Waals surface area contributed by atoms with Crippen molar-refractivity contribution in [1.82, 2.24) is 4.98 Å². The summed E-state index contributed by atoms with van der Waals surface area (Å²) >= 11 is 0. The number of fused-ring (bicyclic) bond motifs is 1. The molecule has 0 spiro atoms. The number of ketones is 1. The van der Waals surface area contributed by atoms with Gasteiger partial charge in [0, 0.05) is 24.4 Å². The summed E-state index contributed by atoms with van der Waals surface area (Å²) in [6.07, 6.45) is 5.06. The molecule has 1 unspecified atom stereocenters. The molecule has 1 aromatic heterocycles. The van der Waals surface area contributed by atoms with Crippen LogP contribution in [-0.2, 0) is 24.8 Å². The van der Waals surface area contributed by atoms with E-state index in [1.54, 1.807) is 27.2 Å². The number of phosphoric acid groups is 1. The molecule has 0 aliphatic rings. The summed E-state index contributed by atoms with van der Waals surface area (Å²) in [5.41, 5.74) is 3.79. The van der Waals surface area contributed by atoms with Gasteiger partial charge < -0.3 is 18.7 Å². The molecule has 0 amide bonds. The fourth-order valence-corrected chi connectivity index (χ4v) is 4.89. The summed E-state index contributed by atoms with van der Waals surface area (Å²) in [6.45, 7) is 3.37. The van der Waals surface area contributed by atoms with Crippen LogP contribution in [0.25, 0.3) is 22.0 Å². The molecular weight excluding hydrogens is 465 g/mol. The third kappa shape index (κ3) is 8.25. The Labute approximate surface area is 207 Å². The molecule has 0 aliphatic heterocycles. The number of hydrogen-bond acceptors (Lipinski definition) is 7. The normalized spacial score (nSPS) is 13.2. The minimum atomic E-state index is -4.23. The van der Waals surface area contributed by atoms with E-state index in [1.165, 1.54) is 0 Å². The van der Waals surface area contributed by atoms with E-state index in [2.05, 4.69) is 4.98 Å². The van der Waals surface area contributed by atoms with Crippen LogP contribution < -0.4 is 9.63 Å². The monoisotopic (exact) mass is 498 g/mol. The fourth-order valence-electron chi connectivity index (χ4n) is 3.96. The second kappa shape index (κ2) is 12.9. The van der Waals surface area contributed by atoms with Gasteiger partial charge in [-0.1, -0.05) is 43.2 Å². The predicted octanol–water partition coefficient (Wildman–Crippen LogP) is 5.88. The largest absolute Gasteiger partial charge is 0.756 e. The predicted molar refractivity (Wildman–Crippen MR) is 135 cm³/mol. The zero-order chi connectivity index (χ0) is 25.3. The Hall–Kier alpha value is -2.57. The Morgan fingerprint density at radius 2 is 1.80 bits per heavy atom. The first-order valence-corrected chi connectivity index (χ1v) is 13.4. The maximum Gasteiger partial charge on any atom is 0.268 e. The van der Waals surface area contributed by atoms with Gasteiger partial charge in [0.05, 0.1) is 25.3 Å². The lowest BCUT2D eigenvalue weighted by atomic mass is 9.93. The molecule has 0 saturated carbocycles. The van der Waals surface area contributed by atoms with Crippen molar-refractivity contribution in [3.05, 3.63) is 60.3 Å². The first-order valence-electron chi connectivity index (χ1n) is 12.0. The standard InChI is InChI=1S/C27H34NO6P/c1-20(2)34-35(30,31)33-16-10-5-4-9-13-23(29)17-22-19-28-26-15-14-24(32-3)18-25(26)27(22)21-11-7-6-8-12-21/h6-8,11-12,14-15,18-20H,4-5,9-10,13,16-17H2,1-3H3,(H,30,31)/p-1. The quantitative estimate of drug-likeness (QED) is 0.202. The Morgan fingerprint density at radius 1 is 1.06 bits per heavy atom. The molecule has 2 aromatic carbocycles. The lowest BCUT2D eigenvalue weighted by Gasteiger charge is -2.24. The molecule has 0 aliphatic carbocycles. The van der Waals surface area contributed by atoms with Gasteiger partial charge in [-0.2, -0.15) is 0 Å². The molecule has 3 rings (SSSR count). The SMILES string of the molecule is COc1ccc2ncc(CC(=O)CCCCCCOP(=O)([O-])OC(C)C)c(-c3ccccc3)c2c1. The molecule has 1 atom stereocenters. The summed E-state index contributed by atoms with van der Waals surface area (Å²) in [5, 5.41) is 0.956. The maximum atomic E-state index is 12.8. The van der Waals surface area contributed by atoms with Crippen LogP contribution >= 0.6 is 7.82 Å². The van der Waals surface area contributed by atoms with E-state index in [0.717, 1.165) is 52.6 Å². The van der Waals surface area contributed by atoms with Crippen molar-refractivity contribution in [2.45, 2.75) is 58.5 Å². The van der Waals surface area contributed by atoms with E-state index < -0.39 is 13.9 Å². The molecular formula is C27H33NO6P-. The molecule has 0 bridgehead atoms. The van der Waals surface area contributed by atoms with Gasteiger partial charge in [0.25, 0.3) is 7.82 Å². The van der Waals surface area contributed by atoms with Gasteiger partial charge in [-0.05, 0) is 61.6 Å². The molecule has 7 nitrogen and oxygen atoms in total. The highest BCUT2D eigenvalue weighted by molar-refractivity contribution is 7.45. The number of hydrogen-bond donors (Lipinski definition) is 0. The van der Waals surface area contributed by atoms with E-state index in [4.69, 9.17) is 13.8 Å². The highest BCUT2D eigenvalue weighted by atomic mass is 31.2. The summed E-state index contributed by atoms with van der Waals surface area (Å²) in [7, 11) is -2.60. The first-order chi connectivity index (χ1) is 16.8. The number of methoxy groups -OCH3 is 1. The second-order valence-electron chi connectivity index (χ2n) is 8.72. The average Bonchev–Trinajstić information content (AvgIpc) is 2.82. The number of unbranched alkanes of at least 4 members (excludes halogenated alkanes) is 3. The Kier molecular flexibility index (Phi) is 9.99. The zero-order valence-corrected chi connectivity index (χ0v) is 21.5. The number of carbonyl (C=O) groups is 1. The minimum absolute atomic E-state index is 0.0914. The molecule has 3 aromatic rings. The number of benzene rings is 2. The molecule has 188 valence electrons. The molecule has 0 fully saturated rings. The molecule has 35 heavy (non-hydrogen) atoms. The van der Waals surface area contributed by atoms with Crippen LogP contribution in [0.4, 0.5) is 0 Å². The molecule has 0 radical (unpaired) electrons. The van der Waals surface area contributed by atoms with Crippen molar-refractivity contribution in [2.24, 2.45) is 0 Å². The number of rotatable bonds is 14. The van der Waals surface area contributed by atoms with Gasteiger partial charge in [0.1, 0.15) is 11.5 Å². The lowest BCUT2D eigenvalue weighted by molar-refractivity contribution is -0.228. The first kappa shape index (κ1) is 27.0. The summed E-state index contributed by atoms with van der Waals surface area (Å²) in [6, 6.07) is 15.8. The summed E-state index contributed by atoms with van der Waals surface area (Å²) < 4.78 is 26.6. The van der Waals surface area contributed by atoms with Crippen LogP contribution in [0.1, 0.15) is 51.5 Å². The maximum absolute atomic E-state index is 12.8. The molecule has 8 heteroatoms. The van der Waals surface area contributed by atoms with Gasteiger partial charge >= 0.3 is 0 Å². The van der Waals surface area contributed by atoms with Crippen molar-refractivity contribution in [1.29, 1.82) is 0 Å². The van der Waals surface area contributed by atoms with Crippen molar-refractivity contribution in [3.8, 4) is 16.9 Å². The Bertz CT molecular complexity index is 1170. The highest BCUT2D eigenvalue weighted by Gasteiger charge is 2.15. The van der Waals surface area contributed by atoms with Crippen LogP contribution in [-0.4, -0.2) is 30.6 Å². The van der Waals surface area contributed by atoms with E-state index in [0.29, 0.717) is 19.3 Å². The number of aromatic nitrogens is 1. The van der Waals surface area contributed by atoms with Crippen LogP contribution in [0.15, 0.2) is 54.7 Å². The average molecular weight is 499 g/mol. The Balaban J connectivity index is 1.57. The number of phosphoric ester groups is 1. The summed E-state index contributed by atoms with van der Waals surface area (Å²) in [4.78, 5) is 29.0. The van der Waals surface area contributed by atoms with E-state index in [-0.39, 0.29) is 12.4 Å². The zero-order valence-electron chi connectivity index (χ0n) is 20.6. The van der Waals surface area contributed by atoms with Crippen molar-refractivity contribution in [2.75, 3.05) is 13.7 Å². The van der Waals surface area contributed by atoms with Gasteiger partial charge in [-0.25, -0.2) is 0 Å². The van der Waals surface area contributed by atoms with Crippen molar-refractivity contribution >= 4 is 24.5 Å². The highest BCUT2D eigenvalue weighted by Crippen LogP contribution is 2.39.